The molecular weight excluding hydrogens is 697 g/mol. The van der Waals surface area contributed by atoms with Crippen molar-refractivity contribution < 1.29 is 19.2 Å². The topological polar surface area (TPSA) is 81.2 Å². The van der Waals surface area contributed by atoms with Crippen LogP contribution in [0.3, 0.4) is 0 Å². The summed E-state index contributed by atoms with van der Waals surface area (Å²) in [6.07, 6.45) is 0. The van der Waals surface area contributed by atoms with Crippen LogP contribution in [0.1, 0.15) is 85.9 Å². The Morgan fingerprint density at radius 3 is 0.625 bits per heavy atom. The van der Waals surface area contributed by atoms with E-state index in [1.54, 1.807) is 48.5 Å². The molecule has 16 bridgehead atoms. The van der Waals surface area contributed by atoms with Gasteiger partial charge in [0.05, 0.1) is 0 Å². The smallest absolute Gasteiger partial charge is 0.254 e. The monoisotopic (exact) mass is 736 g/mol. The van der Waals surface area contributed by atoms with Gasteiger partial charge in [-0.15, -0.1) is 0 Å². The first-order chi connectivity index (χ1) is 27.3. The quantitative estimate of drug-likeness (QED) is 0.158. The number of rotatable bonds is 0. The van der Waals surface area contributed by atoms with Gasteiger partial charge in [-0.2, -0.15) is 0 Å². The molecule has 6 aromatic carbocycles. The SMILES string of the molecule is O=C1c2cccc(c2)C(=O)N2Cc3cccc(c3)CN(Cc3cccc(c3)C2)C(=O)c2cccc(c2)C(=O)N2Cc3cccc(c3)CN1Cc1cccc(c1)C2. The highest BCUT2D eigenvalue weighted by Gasteiger charge is 2.26. The molecule has 0 unspecified atom stereocenters. The summed E-state index contributed by atoms with van der Waals surface area (Å²) in [5.41, 5.74) is 9.19. The molecule has 6 aromatic rings. The summed E-state index contributed by atoms with van der Waals surface area (Å²) < 4.78 is 0. The lowest BCUT2D eigenvalue weighted by Crippen LogP contribution is -2.34. The van der Waals surface area contributed by atoms with Gasteiger partial charge < -0.3 is 19.6 Å². The molecule has 0 spiro atoms. The van der Waals surface area contributed by atoms with E-state index in [1.807, 2.05) is 117 Å². The Balaban J connectivity index is 1.22. The van der Waals surface area contributed by atoms with Gasteiger partial charge >= 0.3 is 0 Å². The number of amides is 4. The molecule has 0 saturated carbocycles. The van der Waals surface area contributed by atoms with E-state index in [2.05, 4.69) is 0 Å². The third kappa shape index (κ3) is 7.33. The van der Waals surface area contributed by atoms with E-state index in [-0.39, 0.29) is 23.6 Å². The average Bonchev–Trinajstić information content (AvgIpc) is 3.21. The second-order valence-corrected chi connectivity index (χ2v) is 15.1. The van der Waals surface area contributed by atoms with Gasteiger partial charge in [-0.1, -0.05) is 109 Å². The fraction of sp³-hybridized carbons (Fsp3) is 0.167. The van der Waals surface area contributed by atoms with Crippen molar-refractivity contribution in [3.05, 3.63) is 212 Å². The highest BCUT2D eigenvalue weighted by Crippen LogP contribution is 2.25. The van der Waals surface area contributed by atoms with Crippen molar-refractivity contribution in [1.82, 2.24) is 19.6 Å². The van der Waals surface area contributed by atoms with Crippen molar-refractivity contribution in [3.8, 4) is 0 Å². The molecule has 0 N–H and O–H groups in total. The molecule has 3 heterocycles. The van der Waals surface area contributed by atoms with Crippen LogP contribution in [-0.2, 0) is 52.4 Å². The molecule has 0 atom stereocenters. The van der Waals surface area contributed by atoms with Gasteiger partial charge in [0.2, 0.25) is 0 Å². The van der Waals surface area contributed by atoms with Gasteiger partial charge in [0.15, 0.2) is 0 Å². The van der Waals surface area contributed by atoms with Crippen LogP contribution in [0, 0.1) is 0 Å². The van der Waals surface area contributed by atoms with Gasteiger partial charge in [0.25, 0.3) is 23.6 Å². The van der Waals surface area contributed by atoms with Crippen molar-refractivity contribution in [2.45, 2.75) is 52.4 Å². The Morgan fingerprint density at radius 2 is 0.429 bits per heavy atom. The van der Waals surface area contributed by atoms with E-state index in [4.69, 9.17) is 0 Å². The highest BCUT2D eigenvalue weighted by molar-refractivity contribution is 6.01. The summed E-state index contributed by atoms with van der Waals surface area (Å²) in [6.45, 7) is 2.69. The zero-order chi connectivity index (χ0) is 38.2. The maximum atomic E-state index is 14.5. The molecule has 3 aliphatic heterocycles. The number of carbonyl (C=O) groups is 4. The second kappa shape index (κ2) is 14.8. The molecule has 0 radical (unpaired) electrons. The molecule has 0 fully saturated rings. The fourth-order valence-corrected chi connectivity index (χ4v) is 8.17. The summed E-state index contributed by atoms with van der Waals surface area (Å²) in [5, 5.41) is 0. The van der Waals surface area contributed by atoms with Crippen molar-refractivity contribution >= 4 is 23.6 Å². The number of hydrogen-bond donors (Lipinski definition) is 0. The lowest BCUT2D eigenvalue weighted by molar-refractivity contribution is 0.0720. The van der Waals surface area contributed by atoms with E-state index in [0.717, 1.165) is 44.5 Å². The second-order valence-electron chi connectivity index (χ2n) is 15.1. The van der Waals surface area contributed by atoms with Crippen molar-refractivity contribution in [3.63, 3.8) is 0 Å². The van der Waals surface area contributed by atoms with E-state index in [0.29, 0.717) is 74.6 Å². The molecule has 8 heteroatoms. The molecule has 0 aliphatic carbocycles. The maximum Gasteiger partial charge on any atom is 0.254 e. The minimum absolute atomic E-state index is 0.174. The first-order valence-electron chi connectivity index (χ1n) is 19.0. The van der Waals surface area contributed by atoms with Crippen LogP contribution >= 0.6 is 0 Å². The minimum atomic E-state index is -0.174. The van der Waals surface area contributed by atoms with Gasteiger partial charge in [0.1, 0.15) is 0 Å². The predicted molar refractivity (Wildman–Crippen MR) is 213 cm³/mol. The number of carbonyl (C=O) groups excluding carboxylic acids is 4. The minimum Gasteiger partial charge on any atom is -0.330 e. The summed E-state index contributed by atoms with van der Waals surface area (Å²) in [4.78, 5) is 65.4. The van der Waals surface area contributed by atoms with Crippen LogP contribution in [-0.4, -0.2) is 43.2 Å². The summed E-state index contributed by atoms with van der Waals surface area (Å²) in [5.74, 6) is -0.697. The predicted octanol–water partition coefficient (Wildman–Crippen LogP) is 8.00. The van der Waals surface area contributed by atoms with E-state index in [1.165, 1.54) is 0 Å². The molecule has 4 amide bonds. The lowest BCUT2D eigenvalue weighted by Gasteiger charge is -2.28. The Bertz CT molecular complexity index is 2100. The first-order valence-corrected chi connectivity index (χ1v) is 19.0. The molecule has 56 heavy (non-hydrogen) atoms. The van der Waals surface area contributed by atoms with Crippen LogP contribution in [0.25, 0.3) is 0 Å². The summed E-state index contributed by atoms with van der Waals surface area (Å²) >= 11 is 0. The fourth-order valence-electron chi connectivity index (χ4n) is 8.17. The van der Waals surface area contributed by atoms with E-state index in [9.17, 15) is 19.2 Å². The maximum absolute atomic E-state index is 14.5. The lowest BCUT2D eigenvalue weighted by atomic mass is 10.0. The molecule has 0 aromatic heterocycles. The van der Waals surface area contributed by atoms with Crippen molar-refractivity contribution in [2.24, 2.45) is 0 Å². The zero-order valence-electron chi connectivity index (χ0n) is 30.9. The van der Waals surface area contributed by atoms with E-state index >= 15 is 0 Å². The van der Waals surface area contributed by atoms with E-state index < -0.39 is 0 Å². The van der Waals surface area contributed by atoms with Gasteiger partial charge in [0, 0.05) is 74.6 Å². The number of benzene rings is 6. The van der Waals surface area contributed by atoms with Crippen molar-refractivity contribution in [1.29, 1.82) is 0 Å². The van der Waals surface area contributed by atoms with Crippen LogP contribution in [0.15, 0.2) is 146 Å². The average molecular weight is 737 g/mol. The third-order valence-electron chi connectivity index (χ3n) is 10.8. The van der Waals surface area contributed by atoms with Crippen LogP contribution < -0.4 is 0 Å². The highest BCUT2D eigenvalue weighted by atomic mass is 16.2. The molecule has 3 aliphatic rings. The molecule has 276 valence electrons. The number of nitrogens with zero attached hydrogens (tertiary/aromatic N) is 4. The van der Waals surface area contributed by atoms with Gasteiger partial charge in [-0.05, 0) is 80.9 Å². The Kier molecular flexibility index (Phi) is 9.23. The summed E-state index contributed by atoms with van der Waals surface area (Å²) in [6, 6.07) is 46.1. The first kappa shape index (κ1) is 34.9. The zero-order valence-corrected chi connectivity index (χ0v) is 30.9. The Hall–Kier alpha value is -6.80. The molecule has 9 rings (SSSR count). The van der Waals surface area contributed by atoms with Gasteiger partial charge in [-0.25, -0.2) is 0 Å². The van der Waals surface area contributed by atoms with Crippen LogP contribution in [0.2, 0.25) is 0 Å². The standard InChI is InChI=1S/C48H40N4O4/c53-45-41-15-5-17-43(23-41)47(55)51-29-37-11-3-12-38(21-37)30-52(32-40-14-4-13-39(22-40)31-51)48(56)44-18-6-16-42(24-44)46(54)50-26-34-8-1-7-33(19-34)25-49(45)27-35-9-2-10-36(20-35)28-50/h1-24H,25-32H2. The Labute approximate surface area is 326 Å². The van der Waals surface area contributed by atoms with Crippen LogP contribution in [0.5, 0.6) is 0 Å². The normalized spacial score (nSPS) is 16.0. The largest absolute Gasteiger partial charge is 0.330 e. The van der Waals surface area contributed by atoms with Gasteiger partial charge in [-0.3, -0.25) is 19.2 Å². The number of hydrogen-bond acceptors (Lipinski definition) is 4. The molecular formula is C48H40N4O4. The molecule has 8 nitrogen and oxygen atoms in total. The number of fused-ring (bicyclic) bond motifs is 12. The van der Waals surface area contributed by atoms with Crippen LogP contribution in [0.4, 0.5) is 0 Å². The Morgan fingerprint density at radius 1 is 0.250 bits per heavy atom. The molecule has 0 saturated heterocycles. The van der Waals surface area contributed by atoms with Crippen molar-refractivity contribution in [2.75, 3.05) is 0 Å². The third-order valence-corrected chi connectivity index (χ3v) is 10.8. The summed E-state index contributed by atoms with van der Waals surface area (Å²) in [7, 11) is 0.